The highest BCUT2D eigenvalue weighted by Gasteiger charge is 2.11. The van der Waals surface area contributed by atoms with Crippen LogP contribution in [0.2, 0.25) is 0 Å². The molecular formula is C20H19N7S. The van der Waals surface area contributed by atoms with E-state index in [0.29, 0.717) is 17.5 Å². The van der Waals surface area contributed by atoms with E-state index in [9.17, 15) is 0 Å². The van der Waals surface area contributed by atoms with Gasteiger partial charge in [0.15, 0.2) is 5.82 Å². The third kappa shape index (κ3) is 3.86. The number of aromatic nitrogens is 7. The molecule has 0 unspecified atom stereocenters. The summed E-state index contributed by atoms with van der Waals surface area (Å²) >= 11 is 4.28. The Labute approximate surface area is 167 Å². The molecule has 0 aliphatic heterocycles. The maximum absolute atomic E-state index is 4.40. The lowest BCUT2D eigenvalue weighted by molar-refractivity contribution is 0.639. The fraction of sp³-hybridized carbons (Fsp3) is 0.150. The van der Waals surface area contributed by atoms with Crippen LogP contribution in [0.3, 0.4) is 0 Å². The van der Waals surface area contributed by atoms with Crippen molar-refractivity contribution >= 4 is 12.6 Å². The van der Waals surface area contributed by atoms with E-state index in [1.54, 1.807) is 0 Å². The number of aromatic amines is 1. The minimum Gasteiger partial charge on any atom is -0.244 e. The molecule has 0 aliphatic rings. The van der Waals surface area contributed by atoms with Crippen LogP contribution < -0.4 is 0 Å². The molecule has 0 radical (unpaired) electrons. The molecule has 28 heavy (non-hydrogen) atoms. The number of allylic oxidation sites excluding steroid dienone is 2. The Morgan fingerprint density at radius 2 is 1.86 bits per heavy atom. The van der Waals surface area contributed by atoms with E-state index in [4.69, 9.17) is 0 Å². The van der Waals surface area contributed by atoms with Crippen molar-refractivity contribution in [3.05, 3.63) is 72.1 Å². The summed E-state index contributed by atoms with van der Waals surface area (Å²) in [6.07, 6.45) is 4.81. The number of nitrogens with zero attached hydrogens (tertiary/aromatic N) is 6. The van der Waals surface area contributed by atoms with Crippen molar-refractivity contribution in [2.24, 2.45) is 0 Å². The minimum absolute atomic E-state index is 0.491. The van der Waals surface area contributed by atoms with E-state index in [1.165, 1.54) is 0 Å². The molecule has 0 bridgehead atoms. The molecule has 0 aliphatic carbocycles. The second-order valence-electron chi connectivity index (χ2n) is 6.25. The Kier molecular flexibility index (Phi) is 5.29. The van der Waals surface area contributed by atoms with Crippen LogP contribution >= 0.6 is 12.6 Å². The van der Waals surface area contributed by atoms with Crippen LogP contribution in [0.5, 0.6) is 0 Å². The van der Waals surface area contributed by atoms with Crippen LogP contribution in [-0.2, 0) is 13.0 Å². The number of benzene rings is 2. The number of rotatable bonds is 6. The predicted octanol–water partition coefficient (Wildman–Crippen LogP) is 3.58. The van der Waals surface area contributed by atoms with Gasteiger partial charge in [0.25, 0.3) is 0 Å². The highest BCUT2D eigenvalue weighted by Crippen LogP contribution is 2.29. The van der Waals surface area contributed by atoms with Gasteiger partial charge in [-0.05, 0) is 34.0 Å². The normalized spacial score (nSPS) is 11.4. The Balaban J connectivity index is 1.60. The third-order valence-electron chi connectivity index (χ3n) is 4.40. The van der Waals surface area contributed by atoms with Crippen LogP contribution in [0.1, 0.15) is 18.3 Å². The topological polar surface area (TPSA) is 85.2 Å². The molecule has 0 saturated carbocycles. The molecule has 2 aromatic carbocycles. The van der Waals surface area contributed by atoms with Crippen molar-refractivity contribution in [2.45, 2.75) is 25.0 Å². The molecule has 1 N–H and O–H groups in total. The summed E-state index contributed by atoms with van der Waals surface area (Å²) in [7, 11) is 0. The lowest BCUT2D eigenvalue weighted by atomic mass is 9.98. The maximum atomic E-state index is 4.40. The summed E-state index contributed by atoms with van der Waals surface area (Å²) in [6, 6.07) is 16.4. The lowest BCUT2D eigenvalue weighted by Crippen LogP contribution is -2.06. The van der Waals surface area contributed by atoms with Crippen LogP contribution in [0.15, 0.2) is 65.8 Å². The fourth-order valence-corrected chi connectivity index (χ4v) is 3.26. The zero-order valence-corrected chi connectivity index (χ0v) is 16.2. The van der Waals surface area contributed by atoms with E-state index in [2.05, 4.69) is 79.7 Å². The van der Waals surface area contributed by atoms with Gasteiger partial charge in [0, 0.05) is 12.0 Å². The average molecular weight is 389 g/mol. The first-order valence-corrected chi connectivity index (χ1v) is 9.35. The van der Waals surface area contributed by atoms with Gasteiger partial charge in [0.05, 0.1) is 6.54 Å². The first kappa shape index (κ1) is 18.1. The van der Waals surface area contributed by atoms with E-state index in [1.807, 2.05) is 35.9 Å². The Morgan fingerprint density at radius 3 is 2.57 bits per heavy atom. The molecule has 2 heterocycles. The van der Waals surface area contributed by atoms with Crippen LogP contribution in [-0.4, -0.2) is 35.4 Å². The van der Waals surface area contributed by atoms with E-state index in [-0.39, 0.29) is 0 Å². The Morgan fingerprint density at radius 1 is 1.07 bits per heavy atom. The van der Waals surface area contributed by atoms with Crippen LogP contribution in [0.25, 0.3) is 22.5 Å². The number of tetrazole rings is 1. The molecule has 8 heteroatoms. The summed E-state index contributed by atoms with van der Waals surface area (Å²) in [4.78, 5) is 4.39. The van der Waals surface area contributed by atoms with Gasteiger partial charge in [-0.3, -0.25) is 0 Å². The molecule has 4 aromatic rings. The zero-order valence-electron chi connectivity index (χ0n) is 15.3. The number of thiol groups is 1. The third-order valence-corrected chi connectivity index (χ3v) is 4.59. The van der Waals surface area contributed by atoms with Crippen molar-refractivity contribution in [1.82, 2.24) is 35.4 Å². The van der Waals surface area contributed by atoms with Crippen molar-refractivity contribution in [1.29, 1.82) is 0 Å². The van der Waals surface area contributed by atoms with Gasteiger partial charge < -0.3 is 0 Å². The molecule has 0 amide bonds. The lowest BCUT2D eigenvalue weighted by Gasteiger charge is -2.09. The molecule has 7 nitrogen and oxygen atoms in total. The van der Waals surface area contributed by atoms with E-state index in [0.717, 1.165) is 34.5 Å². The number of nitrogens with one attached hydrogen (secondary N) is 1. The average Bonchev–Trinajstić information content (AvgIpc) is 3.37. The van der Waals surface area contributed by atoms with Crippen LogP contribution in [0.4, 0.5) is 0 Å². The number of H-pyrrole nitrogens is 1. The first-order chi connectivity index (χ1) is 13.7. The highest BCUT2D eigenvalue weighted by atomic mass is 32.1. The van der Waals surface area contributed by atoms with Crippen LogP contribution in [0, 0.1) is 0 Å². The SMILES string of the molecule is C/C=C/Cc1nc(S)nn1Cc1ccc(-c2ccccc2-c2nnn[nH]2)cc1. The van der Waals surface area contributed by atoms with Crippen molar-refractivity contribution in [3.8, 4) is 22.5 Å². The Hall–Kier alpha value is -3.26. The first-order valence-electron chi connectivity index (χ1n) is 8.91. The standard InChI is InChI=1S/C20H19N7S/c1-2-3-8-18-21-20(28)24-27(18)13-14-9-11-15(12-10-14)16-6-4-5-7-17(16)19-22-25-26-23-19/h2-7,9-12H,8,13H2,1H3,(H,24,28)(H,22,23,25,26)/b3-2+. The van der Waals surface area contributed by atoms with Gasteiger partial charge in [0.1, 0.15) is 5.82 Å². The molecule has 4 rings (SSSR count). The largest absolute Gasteiger partial charge is 0.244 e. The molecule has 2 aromatic heterocycles. The molecule has 140 valence electrons. The second kappa shape index (κ2) is 8.18. The fourth-order valence-electron chi connectivity index (χ4n) is 3.04. The van der Waals surface area contributed by atoms with Crippen molar-refractivity contribution in [3.63, 3.8) is 0 Å². The number of hydrogen-bond acceptors (Lipinski definition) is 6. The van der Waals surface area contributed by atoms with Crippen molar-refractivity contribution in [2.75, 3.05) is 0 Å². The van der Waals surface area contributed by atoms with Gasteiger partial charge >= 0.3 is 0 Å². The smallest absolute Gasteiger partial charge is 0.205 e. The molecule has 0 spiro atoms. The molecule has 0 atom stereocenters. The summed E-state index contributed by atoms with van der Waals surface area (Å²) in [5, 5.41) is 19.1. The van der Waals surface area contributed by atoms with E-state index < -0.39 is 0 Å². The molecule has 0 fully saturated rings. The summed E-state index contributed by atoms with van der Waals surface area (Å²) in [5.74, 6) is 1.55. The second-order valence-corrected chi connectivity index (χ2v) is 6.65. The van der Waals surface area contributed by atoms with Gasteiger partial charge in [-0.2, -0.15) is 0 Å². The molecule has 0 saturated heterocycles. The summed E-state index contributed by atoms with van der Waals surface area (Å²) < 4.78 is 1.89. The zero-order chi connectivity index (χ0) is 19.3. The number of hydrogen-bond donors (Lipinski definition) is 2. The monoisotopic (exact) mass is 389 g/mol. The van der Waals surface area contributed by atoms with Gasteiger partial charge in [0.2, 0.25) is 5.16 Å². The highest BCUT2D eigenvalue weighted by molar-refractivity contribution is 7.80. The van der Waals surface area contributed by atoms with Gasteiger partial charge in [-0.15, -0.1) is 22.8 Å². The molecular weight excluding hydrogens is 370 g/mol. The summed E-state index contributed by atoms with van der Waals surface area (Å²) in [6.45, 7) is 2.64. The van der Waals surface area contributed by atoms with Gasteiger partial charge in [-0.1, -0.05) is 60.7 Å². The predicted molar refractivity (Wildman–Crippen MR) is 110 cm³/mol. The van der Waals surface area contributed by atoms with Gasteiger partial charge in [-0.25, -0.2) is 14.8 Å². The van der Waals surface area contributed by atoms with E-state index >= 15 is 0 Å². The van der Waals surface area contributed by atoms with Crippen molar-refractivity contribution < 1.29 is 0 Å². The quantitative estimate of drug-likeness (QED) is 0.389. The maximum Gasteiger partial charge on any atom is 0.205 e. The summed E-state index contributed by atoms with van der Waals surface area (Å²) in [5.41, 5.74) is 4.27. The minimum atomic E-state index is 0.491. The Bertz CT molecular complexity index is 1080.